The number of nitrogens with one attached hydrogen (secondary N) is 3. The second-order valence-corrected chi connectivity index (χ2v) is 11.1. The van der Waals surface area contributed by atoms with Crippen LogP contribution in [-0.4, -0.2) is 91.2 Å². The summed E-state index contributed by atoms with van der Waals surface area (Å²) in [6.07, 6.45) is 5.50. The van der Waals surface area contributed by atoms with Gasteiger partial charge in [0.2, 0.25) is 5.91 Å². The van der Waals surface area contributed by atoms with E-state index in [0.717, 1.165) is 5.39 Å². The van der Waals surface area contributed by atoms with E-state index in [-0.39, 0.29) is 45.8 Å². The third-order valence-corrected chi connectivity index (χ3v) is 8.49. The minimum Gasteiger partial charge on any atom is -0.495 e. The number of rotatable bonds is 10. The van der Waals surface area contributed by atoms with Crippen LogP contribution < -0.4 is 25.4 Å². The fourth-order valence-corrected chi connectivity index (χ4v) is 5.73. The van der Waals surface area contributed by atoms with Crippen LogP contribution in [0.5, 0.6) is 11.5 Å². The van der Waals surface area contributed by atoms with Crippen LogP contribution in [0.25, 0.3) is 22.3 Å². The Bertz CT molecular complexity index is 1530. The molecule has 1 fully saturated rings. The van der Waals surface area contributed by atoms with Crippen molar-refractivity contribution in [3.05, 3.63) is 41.0 Å². The average molecular weight is 630 g/mol. The molecule has 2 aliphatic rings. The number of carbonyl (C=O) groups excluding carboxylic acids is 1. The maximum absolute atomic E-state index is 12.0. The average Bonchev–Trinajstić information content (AvgIpc) is 3.33. The van der Waals surface area contributed by atoms with E-state index in [1.165, 1.54) is 20.3 Å². The predicted octanol–water partition coefficient (Wildman–Crippen LogP) is 4.24. The smallest absolute Gasteiger partial charge is 0.243 e. The molecule has 5 rings (SSSR count). The van der Waals surface area contributed by atoms with Crippen LogP contribution in [0.2, 0.25) is 10.0 Å². The van der Waals surface area contributed by atoms with E-state index >= 15 is 0 Å². The van der Waals surface area contributed by atoms with Gasteiger partial charge in [-0.15, -0.1) is 0 Å². The predicted molar refractivity (Wildman–Crippen MR) is 169 cm³/mol. The molecule has 3 aromatic rings. The minimum absolute atomic E-state index is 0.149. The van der Waals surface area contributed by atoms with Crippen molar-refractivity contribution in [2.24, 2.45) is 11.0 Å². The van der Waals surface area contributed by atoms with E-state index in [0.29, 0.717) is 60.4 Å². The lowest BCUT2D eigenvalue weighted by Gasteiger charge is -2.32. The van der Waals surface area contributed by atoms with Gasteiger partial charge in [0.1, 0.15) is 23.1 Å². The number of halogens is 2. The summed E-state index contributed by atoms with van der Waals surface area (Å²) in [5.41, 5.74) is 0.941. The third kappa shape index (κ3) is 6.41. The summed E-state index contributed by atoms with van der Waals surface area (Å²) in [4.78, 5) is 26.3. The molecular formula is C29H34Cl2N8O4. The largest absolute Gasteiger partial charge is 0.495 e. The fourth-order valence-electron chi connectivity index (χ4n) is 5.06. The SMILES string of the molecule is C=CC(=O)N[C@H]1CCOC[C@H]1Nc1cc2c(NCC3C=NN(C)C3C)nc(-c3c(Cl)c(OC)cc(OC)c3Cl)nc2cn1. The topological polar surface area (TPSA) is 135 Å². The second kappa shape index (κ2) is 13.2. The van der Waals surface area contributed by atoms with Gasteiger partial charge in [0.25, 0.3) is 0 Å². The molecule has 2 aromatic heterocycles. The van der Waals surface area contributed by atoms with Crippen LogP contribution in [0.3, 0.4) is 0 Å². The summed E-state index contributed by atoms with van der Waals surface area (Å²) in [5, 5.41) is 17.5. The molecule has 2 unspecified atom stereocenters. The number of hydrogen-bond acceptors (Lipinski definition) is 11. The van der Waals surface area contributed by atoms with Crippen LogP contribution in [-0.2, 0) is 9.53 Å². The van der Waals surface area contributed by atoms with Crippen molar-refractivity contribution >= 4 is 57.9 Å². The molecule has 1 saturated heterocycles. The van der Waals surface area contributed by atoms with Gasteiger partial charge in [-0.1, -0.05) is 29.8 Å². The lowest BCUT2D eigenvalue weighted by atomic mass is 10.0. The molecule has 3 N–H and O–H groups in total. The lowest BCUT2D eigenvalue weighted by molar-refractivity contribution is -0.117. The molecule has 2 aliphatic heterocycles. The van der Waals surface area contributed by atoms with E-state index < -0.39 is 0 Å². The number of ether oxygens (including phenoxy) is 3. The standard InChI is InChI=1S/C29H34Cl2N8O4/c1-6-24(40)36-18-7-8-43-14-20(18)35-23-9-17-19(13-32-23)37-29(25-26(30)21(41-4)10-22(42-5)27(25)31)38-28(17)33-11-16-12-34-39(3)15(16)2/h6,9-10,12-13,15-16,18,20H,1,7-8,11,14H2,2-5H3,(H,32,35)(H,36,40)(H,33,37,38)/t15?,16?,18-,20+/m0/s1. The van der Waals surface area contributed by atoms with Gasteiger partial charge < -0.3 is 30.2 Å². The number of hydrazone groups is 1. The molecule has 0 saturated carbocycles. The van der Waals surface area contributed by atoms with Crippen molar-refractivity contribution in [3.8, 4) is 22.9 Å². The Balaban J connectivity index is 1.55. The molecule has 14 heteroatoms. The Morgan fingerprint density at radius 2 is 1.93 bits per heavy atom. The Morgan fingerprint density at radius 3 is 2.58 bits per heavy atom. The number of nitrogens with zero attached hydrogens (tertiary/aromatic N) is 5. The van der Waals surface area contributed by atoms with Gasteiger partial charge >= 0.3 is 0 Å². The number of amides is 1. The van der Waals surface area contributed by atoms with Gasteiger partial charge in [-0.2, -0.15) is 5.10 Å². The van der Waals surface area contributed by atoms with Crippen LogP contribution in [0, 0.1) is 5.92 Å². The zero-order valence-corrected chi connectivity index (χ0v) is 25.9. The van der Waals surface area contributed by atoms with E-state index in [4.69, 9.17) is 47.4 Å². The Kier molecular flexibility index (Phi) is 9.38. The highest BCUT2D eigenvalue weighted by atomic mass is 35.5. The number of hydrogen-bond donors (Lipinski definition) is 3. The molecular weight excluding hydrogens is 595 g/mol. The highest BCUT2D eigenvalue weighted by molar-refractivity contribution is 6.41. The van der Waals surface area contributed by atoms with Gasteiger partial charge in [-0.05, 0) is 25.5 Å². The number of carbonyl (C=O) groups is 1. The molecule has 12 nitrogen and oxygen atoms in total. The van der Waals surface area contributed by atoms with Crippen molar-refractivity contribution in [1.29, 1.82) is 0 Å². The summed E-state index contributed by atoms with van der Waals surface area (Å²) in [5.74, 6) is 2.08. The van der Waals surface area contributed by atoms with E-state index in [9.17, 15) is 4.79 Å². The maximum Gasteiger partial charge on any atom is 0.243 e. The lowest BCUT2D eigenvalue weighted by Crippen LogP contribution is -2.52. The van der Waals surface area contributed by atoms with E-state index in [1.54, 1.807) is 12.3 Å². The van der Waals surface area contributed by atoms with Gasteiger partial charge in [0.05, 0.1) is 66.3 Å². The van der Waals surface area contributed by atoms with Crippen LogP contribution in [0.4, 0.5) is 11.6 Å². The van der Waals surface area contributed by atoms with Gasteiger partial charge in [0, 0.05) is 43.8 Å². The summed E-state index contributed by atoms with van der Waals surface area (Å²) in [7, 11) is 4.97. The Hall–Kier alpha value is -3.87. The summed E-state index contributed by atoms with van der Waals surface area (Å²) in [6.45, 7) is 7.20. The van der Waals surface area contributed by atoms with Crippen molar-refractivity contribution in [2.45, 2.75) is 31.5 Å². The first kappa shape index (κ1) is 30.6. The molecule has 1 amide bonds. The monoisotopic (exact) mass is 628 g/mol. The normalized spacial score (nSPS) is 21.5. The molecule has 1 aromatic carbocycles. The fraction of sp³-hybridized carbons (Fsp3) is 0.414. The maximum atomic E-state index is 12.0. The number of benzene rings is 1. The number of fused-ring (bicyclic) bond motifs is 1. The summed E-state index contributed by atoms with van der Waals surface area (Å²) in [6, 6.07) is 3.34. The first-order valence-corrected chi connectivity index (χ1v) is 14.6. The quantitative estimate of drug-likeness (QED) is 0.280. The molecule has 0 radical (unpaired) electrons. The highest BCUT2D eigenvalue weighted by Gasteiger charge is 2.28. The number of methoxy groups -OCH3 is 2. The first-order valence-electron chi connectivity index (χ1n) is 13.8. The number of aromatic nitrogens is 3. The van der Waals surface area contributed by atoms with Crippen molar-refractivity contribution < 1.29 is 19.0 Å². The van der Waals surface area contributed by atoms with E-state index in [1.807, 2.05) is 24.3 Å². The molecule has 43 heavy (non-hydrogen) atoms. The van der Waals surface area contributed by atoms with Gasteiger partial charge in [0.15, 0.2) is 5.82 Å². The van der Waals surface area contributed by atoms with Gasteiger partial charge in [-0.3, -0.25) is 9.80 Å². The summed E-state index contributed by atoms with van der Waals surface area (Å²) >= 11 is 13.5. The first-order chi connectivity index (χ1) is 20.7. The zero-order chi connectivity index (χ0) is 30.7. The molecule has 0 spiro atoms. The molecule has 0 aliphatic carbocycles. The van der Waals surface area contributed by atoms with Crippen molar-refractivity contribution in [3.63, 3.8) is 0 Å². The molecule has 0 bridgehead atoms. The molecule has 4 atom stereocenters. The van der Waals surface area contributed by atoms with Crippen LogP contribution in [0.15, 0.2) is 36.1 Å². The highest BCUT2D eigenvalue weighted by Crippen LogP contribution is 2.45. The summed E-state index contributed by atoms with van der Waals surface area (Å²) < 4.78 is 16.6. The molecule has 228 valence electrons. The van der Waals surface area contributed by atoms with Crippen LogP contribution >= 0.6 is 23.2 Å². The van der Waals surface area contributed by atoms with Crippen molar-refractivity contribution in [1.82, 2.24) is 25.3 Å². The second-order valence-electron chi connectivity index (χ2n) is 10.3. The number of anilines is 2. The Morgan fingerprint density at radius 1 is 1.19 bits per heavy atom. The van der Waals surface area contributed by atoms with Gasteiger partial charge in [-0.25, -0.2) is 15.0 Å². The zero-order valence-electron chi connectivity index (χ0n) is 24.4. The molecule has 4 heterocycles. The number of pyridine rings is 1. The Labute approximate surface area is 259 Å². The third-order valence-electron chi connectivity index (χ3n) is 7.74. The minimum atomic E-state index is -0.237. The van der Waals surface area contributed by atoms with E-state index in [2.05, 4.69) is 39.5 Å². The van der Waals surface area contributed by atoms with Crippen LogP contribution in [0.1, 0.15) is 13.3 Å². The van der Waals surface area contributed by atoms with Crippen molar-refractivity contribution in [2.75, 3.05) is 51.7 Å².